The normalized spacial score (nSPS) is 11.6. The lowest BCUT2D eigenvalue weighted by atomic mass is 10.2. The molecule has 0 unspecified atom stereocenters. The number of aromatic nitrogens is 1. The van der Waals surface area contributed by atoms with Crippen molar-refractivity contribution in [3.8, 4) is 0 Å². The van der Waals surface area contributed by atoms with Crippen molar-refractivity contribution in [2.24, 2.45) is 0 Å². The molecule has 1 aromatic heterocycles. The maximum absolute atomic E-state index is 12.4. The van der Waals surface area contributed by atoms with Gasteiger partial charge in [-0.1, -0.05) is 6.92 Å². The van der Waals surface area contributed by atoms with Crippen LogP contribution in [0.25, 0.3) is 0 Å². The van der Waals surface area contributed by atoms with Crippen molar-refractivity contribution in [2.75, 3.05) is 24.5 Å². The number of nitrogens with one attached hydrogen (secondary N) is 1. The van der Waals surface area contributed by atoms with E-state index in [1.54, 1.807) is 25.3 Å². The molecule has 0 radical (unpaired) electrons. The molecular weight excluding hydrogens is 243 g/mol. The third-order valence-corrected chi connectivity index (χ3v) is 2.46. The van der Waals surface area contributed by atoms with E-state index in [0.29, 0.717) is 12.4 Å². The van der Waals surface area contributed by atoms with Crippen LogP contribution in [0.5, 0.6) is 0 Å². The van der Waals surface area contributed by atoms with Crippen molar-refractivity contribution in [1.82, 2.24) is 10.3 Å². The second kappa shape index (κ2) is 6.58. The standard InChI is InChI=1S/C12H18F3N3/c1-3-16-8-10-5-6-17-11(7-10)18(4-2)9-12(13,14)15/h5-7,16H,3-4,8-9H2,1-2H3. The van der Waals surface area contributed by atoms with Gasteiger partial charge in [-0.2, -0.15) is 13.2 Å². The van der Waals surface area contributed by atoms with E-state index < -0.39 is 12.7 Å². The highest BCUT2D eigenvalue weighted by Crippen LogP contribution is 2.20. The fourth-order valence-electron chi connectivity index (χ4n) is 1.58. The molecule has 102 valence electrons. The first-order valence-corrected chi connectivity index (χ1v) is 5.93. The maximum atomic E-state index is 12.4. The third kappa shape index (κ3) is 4.91. The van der Waals surface area contributed by atoms with Crippen LogP contribution in [-0.4, -0.2) is 30.8 Å². The number of hydrogen-bond acceptors (Lipinski definition) is 3. The molecule has 0 spiro atoms. The Bertz CT molecular complexity index is 366. The molecule has 0 fully saturated rings. The van der Waals surface area contributed by atoms with Crippen LogP contribution in [-0.2, 0) is 6.54 Å². The van der Waals surface area contributed by atoms with Gasteiger partial charge in [-0.25, -0.2) is 4.98 Å². The summed E-state index contributed by atoms with van der Waals surface area (Å²) in [4.78, 5) is 5.22. The molecule has 0 aliphatic carbocycles. The van der Waals surface area contributed by atoms with Gasteiger partial charge in [0, 0.05) is 19.3 Å². The molecule has 18 heavy (non-hydrogen) atoms. The molecule has 0 saturated carbocycles. The van der Waals surface area contributed by atoms with E-state index >= 15 is 0 Å². The predicted molar refractivity (Wildman–Crippen MR) is 65.6 cm³/mol. The molecular formula is C12H18F3N3. The van der Waals surface area contributed by atoms with Crippen molar-refractivity contribution in [2.45, 2.75) is 26.6 Å². The number of pyridine rings is 1. The highest BCUT2D eigenvalue weighted by Gasteiger charge is 2.30. The van der Waals surface area contributed by atoms with Gasteiger partial charge in [0.15, 0.2) is 0 Å². The van der Waals surface area contributed by atoms with Crippen molar-refractivity contribution < 1.29 is 13.2 Å². The van der Waals surface area contributed by atoms with Crippen LogP contribution in [0.1, 0.15) is 19.4 Å². The zero-order valence-corrected chi connectivity index (χ0v) is 10.6. The minimum Gasteiger partial charge on any atom is -0.348 e. The molecule has 6 heteroatoms. The van der Waals surface area contributed by atoms with Crippen molar-refractivity contribution in [3.05, 3.63) is 23.9 Å². The monoisotopic (exact) mass is 261 g/mol. The lowest BCUT2D eigenvalue weighted by Crippen LogP contribution is -2.34. The zero-order valence-electron chi connectivity index (χ0n) is 10.6. The number of rotatable bonds is 6. The van der Waals surface area contributed by atoms with Gasteiger partial charge in [-0.3, -0.25) is 0 Å². The van der Waals surface area contributed by atoms with Crippen LogP contribution in [0.15, 0.2) is 18.3 Å². The van der Waals surface area contributed by atoms with Gasteiger partial charge in [0.2, 0.25) is 0 Å². The summed E-state index contributed by atoms with van der Waals surface area (Å²) in [7, 11) is 0. The lowest BCUT2D eigenvalue weighted by molar-refractivity contribution is -0.119. The van der Waals surface area contributed by atoms with Gasteiger partial charge >= 0.3 is 6.18 Å². The Kier molecular flexibility index (Phi) is 5.40. The summed E-state index contributed by atoms with van der Waals surface area (Å²) in [6.45, 7) is 4.42. The highest BCUT2D eigenvalue weighted by molar-refractivity contribution is 5.41. The van der Waals surface area contributed by atoms with E-state index in [9.17, 15) is 13.2 Å². The van der Waals surface area contributed by atoms with E-state index in [1.165, 1.54) is 4.90 Å². The molecule has 0 aromatic carbocycles. The van der Waals surface area contributed by atoms with Crippen LogP contribution in [0.2, 0.25) is 0 Å². The lowest BCUT2D eigenvalue weighted by Gasteiger charge is -2.23. The van der Waals surface area contributed by atoms with Crippen molar-refractivity contribution >= 4 is 5.82 Å². The number of alkyl halides is 3. The van der Waals surface area contributed by atoms with E-state index in [2.05, 4.69) is 10.3 Å². The van der Waals surface area contributed by atoms with Crippen molar-refractivity contribution in [3.63, 3.8) is 0 Å². The SMILES string of the molecule is CCNCc1ccnc(N(CC)CC(F)(F)F)c1. The molecule has 0 bridgehead atoms. The van der Waals surface area contributed by atoms with Gasteiger partial charge in [0.25, 0.3) is 0 Å². The van der Waals surface area contributed by atoms with Crippen LogP contribution in [0.3, 0.4) is 0 Å². The number of nitrogens with zero attached hydrogens (tertiary/aromatic N) is 2. The largest absolute Gasteiger partial charge is 0.405 e. The fraction of sp³-hybridized carbons (Fsp3) is 0.583. The molecule has 0 aliphatic rings. The van der Waals surface area contributed by atoms with E-state index in [4.69, 9.17) is 0 Å². The average molecular weight is 261 g/mol. The Morgan fingerprint density at radius 3 is 2.61 bits per heavy atom. The Morgan fingerprint density at radius 2 is 2.06 bits per heavy atom. The Labute approximate surface area is 105 Å². The summed E-state index contributed by atoms with van der Waals surface area (Å²) >= 11 is 0. The third-order valence-electron chi connectivity index (χ3n) is 2.46. The first kappa shape index (κ1) is 14.8. The molecule has 1 rings (SSSR count). The molecule has 0 atom stereocenters. The predicted octanol–water partition coefficient (Wildman–Crippen LogP) is 2.58. The van der Waals surface area contributed by atoms with Gasteiger partial charge in [0.1, 0.15) is 12.4 Å². The minimum absolute atomic E-state index is 0.275. The maximum Gasteiger partial charge on any atom is 0.405 e. The average Bonchev–Trinajstić information content (AvgIpc) is 2.32. The van der Waals surface area contributed by atoms with Crippen molar-refractivity contribution in [1.29, 1.82) is 0 Å². The number of hydrogen-bond donors (Lipinski definition) is 1. The van der Waals surface area contributed by atoms with Crippen LogP contribution in [0.4, 0.5) is 19.0 Å². The highest BCUT2D eigenvalue weighted by atomic mass is 19.4. The van der Waals surface area contributed by atoms with Gasteiger partial charge in [-0.15, -0.1) is 0 Å². The molecule has 0 aliphatic heterocycles. The second-order valence-electron chi connectivity index (χ2n) is 3.93. The summed E-state index contributed by atoms with van der Waals surface area (Å²) in [6.07, 6.45) is -2.67. The van der Waals surface area contributed by atoms with Gasteiger partial charge in [0.05, 0.1) is 0 Å². The Hall–Kier alpha value is -1.30. The molecule has 3 nitrogen and oxygen atoms in total. The number of halogens is 3. The number of anilines is 1. The van der Waals surface area contributed by atoms with Crippen LogP contribution >= 0.6 is 0 Å². The van der Waals surface area contributed by atoms with E-state index in [-0.39, 0.29) is 6.54 Å². The van der Waals surface area contributed by atoms with Gasteiger partial charge in [-0.05, 0) is 31.2 Å². The quantitative estimate of drug-likeness (QED) is 0.853. The molecule has 1 aromatic rings. The summed E-state index contributed by atoms with van der Waals surface area (Å²) in [5.74, 6) is 0.366. The topological polar surface area (TPSA) is 28.2 Å². The summed E-state index contributed by atoms with van der Waals surface area (Å²) in [6, 6.07) is 3.49. The van der Waals surface area contributed by atoms with E-state index in [0.717, 1.165) is 12.1 Å². The van der Waals surface area contributed by atoms with Gasteiger partial charge < -0.3 is 10.2 Å². The zero-order chi connectivity index (χ0) is 13.6. The van der Waals surface area contributed by atoms with Crippen LogP contribution in [0, 0.1) is 0 Å². The first-order chi connectivity index (χ1) is 8.46. The molecule has 1 heterocycles. The first-order valence-electron chi connectivity index (χ1n) is 5.93. The minimum atomic E-state index is -4.21. The Balaban J connectivity index is 2.79. The van der Waals surface area contributed by atoms with Crippen LogP contribution < -0.4 is 10.2 Å². The summed E-state index contributed by atoms with van der Waals surface area (Å²) in [5.41, 5.74) is 0.933. The molecule has 1 N–H and O–H groups in total. The Morgan fingerprint density at radius 1 is 1.33 bits per heavy atom. The second-order valence-corrected chi connectivity index (χ2v) is 3.93. The molecule has 0 amide bonds. The van der Waals surface area contributed by atoms with E-state index in [1.807, 2.05) is 6.92 Å². The smallest absolute Gasteiger partial charge is 0.348 e. The summed E-state index contributed by atoms with van der Waals surface area (Å²) < 4.78 is 37.2. The fourth-order valence-corrected chi connectivity index (χ4v) is 1.58. The summed E-state index contributed by atoms with van der Waals surface area (Å²) in [5, 5.41) is 3.13. The molecule has 0 saturated heterocycles.